The van der Waals surface area contributed by atoms with E-state index in [9.17, 15) is 4.39 Å². The average Bonchev–Trinajstić information content (AvgIpc) is 2.29. The molecule has 0 aliphatic heterocycles. The van der Waals surface area contributed by atoms with Crippen molar-refractivity contribution in [1.82, 2.24) is 0 Å². The van der Waals surface area contributed by atoms with Crippen LogP contribution in [0.1, 0.15) is 0 Å². The van der Waals surface area contributed by atoms with Crippen molar-refractivity contribution in [2.24, 2.45) is 0 Å². The third-order valence-corrected chi connectivity index (χ3v) is 6.12. The molecule has 18 heavy (non-hydrogen) atoms. The normalized spacial score (nSPS) is 11.6. The quantitative estimate of drug-likeness (QED) is 0.674. The van der Waals surface area contributed by atoms with E-state index in [0.29, 0.717) is 0 Å². The summed E-state index contributed by atoms with van der Waals surface area (Å²) in [7, 11) is -1.14. The van der Waals surface area contributed by atoms with Crippen molar-refractivity contribution in [1.29, 1.82) is 0 Å². The molecule has 0 radical (unpaired) electrons. The zero-order valence-electron chi connectivity index (χ0n) is 10.9. The second-order valence-electron chi connectivity index (χ2n) is 5.25. The Morgan fingerprint density at radius 2 is 1.22 bits per heavy atom. The zero-order valence-corrected chi connectivity index (χ0v) is 12.7. The second kappa shape index (κ2) is 5.29. The Hall–Kier alpha value is -1.06. The lowest BCUT2D eigenvalue weighted by atomic mass is 10.1. The van der Waals surface area contributed by atoms with Crippen LogP contribution in [0.5, 0.6) is 0 Å². The molecular formula is C15H17FSSi. The van der Waals surface area contributed by atoms with Crippen molar-refractivity contribution in [2.75, 3.05) is 0 Å². The van der Waals surface area contributed by atoms with Crippen LogP contribution in [0.15, 0.2) is 53.4 Å². The van der Waals surface area contributed by atoms with Gasteiger partial charge in [0.1, 0.15) is 13.0 Å². The molecule has 0 fully saturated rings. The first kappa shape index (κ1) is 13.4. The number of halogens is 1. The molecule has 0 N–H and O–H groups in total. The highest BCUT2D eigenvalue weighted by atomic mass is 32.4. The standard InChI is InChI=1S/C15H17FSSi/c1-18(2,3)17-15-10-6-13(7-11-15)12-4-8-14(16)9-5-12/h4-11H,1-3H3. The molecule has 0 aliphatic carbocycles. The summed E-state index contributed by atoms with van der Waals surface area (Å²) < 4.78 is 12.9. The molecule has 0 heterocycles. The van der Waals surface area contributed by atoms with Gasteiger partial charge in [-0.25, -0.2) is 4.39 Å². The fraction of sp³-hybridized carbons (Fsp3) is 0.200. The van der Waals surface area contributed by atoms with Gasteiger partial charge >= 0.3 is 0 Å². The van der Waals surface area contributed by atoms with Crippen LogP contribution in [0, 0.1) is 5.82 Å². The summed E-state index contributed by atoms with van der Waals surface area (Å²) >= 11 is 1.99. The molecule has 0 atom stereocenters. The number of hydrogen-bond acceptors (Lipinski definition) is 1. The minimum atomic E-state index is -1.14. The maximum absolute atomic E-state index is 12.9. The minimum absolute atomic E-state index is 0.190. The van der Waals surface area contributed by atoms with E-state index in [4.69, 9.17) is 0 Å². The first-order valence-electron chi connectivity index (χ1n) is 5.99. The van der Waals surface area contributed by atoms with Gasteiger partial charge in [0.05, 0.1) is 0 Å². The van der Waals surface area contributed by atoms with Crippen molar-refractivity contribution in [2.45, 2.75) is 24.5 Å². The predicted octanol–water partition coefficient (Wildman–Crippen LogP) is 5.42. The highest BCUT2D eigenvalue weighted by Gasteiger charge is 2.14. The van der Waals surface area contributed by atoms with E-state index in [1.165, 1.54) is 17.0 Å². The number of hydrogen-bond donors (Lipinski definition) is 0. The Kier molecular flexibility index (Phi) is 3.93. The Labute approximate surface area is 113 Å². The number of rotatable bonds is 3. The van der Waals surface area contributed by atoms with Crippen molar-refractivity contribution in [3.05, 3.63) is 54.3 Å². The number of benzene rings is 2. The molecule has 0 aromatic heterocycles. The second-order valence-corrected chi connectivity index (χ2v) is 14.4. The molecule has 0 saturated heterocycles. The van der Waals surface area contributed by atoms with Gasteiger partial charge in [-0.05, 0) is 35.4 Å². The fourth-order valence-electron chi connectivity index (χ4n) is 1.71. The van der Waals surface area contributed by atoms with Crippen LogP contribution >= 0.6 is 11.2 Å². The van der Waals surface area contributed by atoms with Crippen molar-refractivity contribution < 1.29 is 4.39 Å². The van der Waals surface area contributed by atoms with Gasteiger partial charge < -0.3 is 0 Å². The summed E-state index contributed by atoms with van der Waals surface area (Å²) in [5.41, 5.74) is 2.19. The summed E-state index contributed by atoms with van der Waals surface area (Å²) in [5, 5.41) is 0. The minimum Gasteiger partial charge on any atom is -0.207 e. The van der Waals surface area contributed by atoms with Crippen LogP contribution in [-0.4, -0.2) is 7.22 Å². The van der Waals surface area contributed by atoms with Crippen molar-refractivity contribution in [3.63, 3.8) is 0 Å². The fourth-order valence-corrected chi connectivity index (χ4v) is 5.22. The van der Waals surface area contributed by atoms with Crippen LogP contribution in [0.4, 0.5) is 4.39 Å². The molecule has 3 heteroatoms. The van der Waals surface area contributed by atoms with Gasteiger partial charge in [0.25, 0.3) is 0 Å². The average molecular weight is 276 g/mol. The SMILES string of the molecule is C[Si](C)(C)Sc1ccc(-c2ccc(F)cc2)cc1. The first-order chi connectivity index (χ1) is 8.44. The molecule has 0 nitrogen and oxygen atoms in total. The van der Waals surface area contributed by atoms with Gasteiger partial charge in [0, 0.05) is 4.90 Å². The van der Waals surface area contributed by atoms with Crippen LogP contribution < -0.4 is 0 Å². The van der Waals surface area contributed by atoms with E-state index in [1.54, 1.807) is 0 Å². The smallest absolute Gasteiger partial charge is 0.123 e. The van der Waals surface area contributed by atoms with Gasteiger partial charge in [-0.1, -0.05) is 43.9 Å². The molecule has 0 bridgehead atoms. The van der Waals surface area contributed by atoms with Gasteiger partial charge in [-0.3, -0.25) is 0 Å². The summed E-state index contributed by atoms with van der Waals surface area (Å²) in [6.07, 6.45) is 0. The van der Waals surface area contributed by atoms with E-state index in [-0.39, 0.29) is 5.82 Å². The lowest BCUT2D eigenvalue weighted by Crippen LogP contribution is -2.13. The van der Waals surface area contributed by atoms with Crippen LogP contribution in [0.3, 0.4) is 0 Å². The molecule has 0 amide bonds. The Bertz CT molecular complexity index is 512. The van der Waals surface area contributed by atoms with Crippen molar-refractivity contribution in [3.8, 4) is 11.1 Å². The molecule has 0 saturated carbocycles. The molecule has 0 aliphatic rings. The first-order valence-corrected chi connectivity index (χ1v) is 11.0. The summed E-state index contributed by atoms with van der Waals surface area (Å²) in [4.78, 5) is 1.32. The van der Waals surface area contributed by atoms with Gasteiger partial charge in [-0.15, -0.1) is 0 Å². The molecule has 0 unspecified atom stereocenters. The van der Waals surface area contributed by atoms with Gasteiger partial charge in [0.2, 0.25) is 0 Å². The maximum Gasteiger partial charge on any atom is 0.123 e. The van der Waals surface area contributed by atoms with E-state index < -0.39 is 7.22 Å². The Morgan fingerprint density at radius 1 is 0.778 bits per heavy atom. The van der Waals surface area contributed by atoms with E-state index in [0.717, 1.165) is 11.1 Å². The third kappa shape index (κ3) is 3.72. The molecule has 94 valence electrons. The lowest BCUT2D eigenvalue weighted by Gasteiger charge is -2.15. The van der Waals surface area contributed by atoms with Gasteiger partial charge in [-0.2, -0.15) is 11.2 Å². The Balaban J connectivity index is 2.20. The van der Waals surface area contributed by atoms with E-state index in [1.807, 2.05) is 23.3 Å². The molecule has 2 aromatic carbocycles. The monoisotopic (exact) mass is 276 g/mol. The van der Waals surface area contributed by atoms with Crippen LogP contribution in [0.25, 0.3) is 11.1 Å². The summed E-state index contributed by atoms with van der Waals surface area (Å²) in [6.45, 7) is 7.02. The lowest BCUT2D eigenvalue weighted by molar-refractivity contribution is 0.628. The largest absolute Gasteiger partial charge is 0.207 e. The maximum atomic E-state index is 12.9. The predicted molar refractivity (Wildman–Crippen MR) is 81.0 cm³/mol. The van der Waals surface area contributed by atoms with E-state index >= 15 is 0 Å². The molecular weight excluding hydrogens is 259 g/mol. The summed E-state index contributed by atoms with van der Waals surface area (Å²) in [6, 6.07) is 15.2. The topological polar surface area (TPSA) is 0 Å². The zero-order chi connectivity index (χ0) is 13.2. The highest BCUT2D eigenvalue weighted by molar-refractivity contribution is 8.28. The van der Waals surface area contributed by atoms with Crippen molar-refractivity contribution >= 4 is 18.4 Å². The molecule has 2 rings (SSSR count). The molecule has 0 spiro atoms. The molecule has 2 aromatic rings. The van der Waals surface area contributed by atoms with E-state index in [2.05, 4.69) is 43.9 Å². The van der Waals surface area contributed by atoms with Gasteiger partial charge in [0.15, 0.2) is 0 Å². The third-order valence-electron chi connectivity index (χ3n) is 2.46. The highest BCUT2D eigenvalue weighted by Crippen LogP contribution is 2.30. The van der Waals surface area contributed by atoms with Crippen LogP contribution in [-0.2, 0) is 0 Å². The Morgan fingerprint density at radius 3 is 1.67 bits per heavy atom. The van der Waals surface area contributed by atoms with Crippen LogP contribution in [0.2, 0.25) is 19.6 Å². The summed E-state index contributed by atoms with van der Waals surface area (Å²) in [5.74, 6) is -0.190.